The lowest BCUT2D eigenvalue weighted by molar-refractivity contribution is -0.384. The van der Waals surface area contributed by atoms with Gasteiger partial charge in [0.15, 0.2) is 0 Å². The summed E-state index contributed by atoms with van der Waals surface area (Å²) in [5, 5.41) is 15.1. The summed E-state index contributed by atoms with van der Waals surface area (Å²) in [4.78, 5) is 15.5. The highest BCUT2D eigenvalue weighted by Gasteiger charge is 2.20. The highest BCUT2D eigenvalue weighted by atomic mass is 16.6. The summed E-state index contributed by atoms with van der Waals surface area (Å²) < 4.78 is 0. The molecule has 29 heavy (non-hydrogen) atoms. The molecule has 0 spiro atoms. The molecular formula is C24H19N3O2. The van der Waals surface area contributed by atoms with Crippen LogP contribution >= 0.6 is 0 Å². The van der Waals surface area contributed by atoms with E-state index in [2.05, 4.69) is 10.3 Å². The van der Waals surface area contributed by atoms with Crippen LogP contribution in [0.25, 0.3) is 11.1 Å². The summed E-state index contributed by atoms with van der Waals surface area (Å²) in [6.45, 7) is 0. The fraction of sp³-hybridized carbons (Fsp3) is 0.0417. The largest absolute Gasteiger partial charge is 0.369 e. The molecule has 5 nitrogen and oxygen atoms in total. The van der Waals surface area contributed by atoms with Crippen molar-refractivity contribution in [3.8, 4) is 11.1 Å². The maximum absolute atomic E-state index is 11.7. The number of hydrogen-bond acceptors (Lipinski definition) is 4. The minimum absolute atomic E-state index is 0.0366. The molecule has 0 saturated carbocycles. The van der Waals surface area contributed by atoms with E-state index in [1.165, 1.54) is 6.07 Å². The van der Waals surface area contributed by atoms with Crippen molar-refractivity contribution in [1.29, 1.82) is 0 Å². The standard InChI is InChI=1S/C24H19N3O2/c28-27(29)23-14-13-20(21-12-7-15-25-17-21)16-22(23)26-24(18-8-3-1-4-9-18)19-10-5-2-6-11-19/h1-17,24,26H. The van der Waals surface area contributed by atoms with Gasteiger partial charge in [-0.05, 0) is 34.9 Å². The highest BCUT2D eigenvalue weighted by Crippen LogP contribution is 2.34. The number of anilines is 1. The van der Waals surface area contributed by atoms with Gasteiger partial charge in [-0.3, -0.25) is 15.1 Å². The Hall–Kier alpha value is -3.99. The van der Waals surface area contributed by atoms with Gasteiger partial charge in [0.2, 0.25) is 0 Å². The van der Waals surface area contributed by atoms with Crippen molar-refractivity contribution in [2.75, 3.05) is 5.32 Å². The van der Waals surface area contributed by atoms with Gasteiger partial charge in [-0.25, -0.2) is 0 Å². The molecule has 0 unspecified atom stereocenters. The number of pyridine rings is 1. The van der Waals surface area contributed by atoms with E-state index in [1.54, 1.807) is 18.5 Å². The first-order valence-electron chi connectivity index (χ1n) is 9.27. The molecule has 4 aromatic rings. The summed E-state index contributed by atoms with van der Waals surface area (Å²) in [7, 11) is 0. The van der Waals surface area contributed by atoms with Gasteiger partial charge in [-0.15, -0.1) is 0 Å². The summed E-state index contributed by atoms with van der Waals surface area (Å²) in [6, 6.07) is 28.5. The number of hydrogen-bond donors (Lipinski definition) is 1. The third-order valence-corrected chi connectivity index (χ3v) is 4.75. The number of nitrogens with zero attached hydrogens (tertiary/aromatic N) is 2. The predicted molar refractivity (Wildman–Crippen MR) is 115 cm³/mol. The molecule has 0 atom stereocenters. The Morgan fingerprint density at radius 2 is 1.45 bits per heavy atom. The smallest absolute Gasteiger partial charge is 0.292 e. The second kappa shape index (κ2) is 8.35. The zero-order chi connectivity index (χ0) is 20.1. The number of nitro benzene ring substituents is 1. The van der Waals surface area contributed by atoms with Crippen molar-refractivity contribution in [3.05, 3.63) is 125 Å². The summed E-state index contributed by atoms with van der Waals surface area (Å²) in [6.07, 6.45) is 3.45. The summed E-state index contributed by atoms with van der Waals surface area (Å²) in [5.74, 6) is 0. The zero-order valence-corrected chi connectivity index (χ0v) is 15.6. The van der Waals surface area contributed by atoms with Crippen LogP contribution in [0.1, 0.15) is 17.2 Å². The lowest BCUT2D eigenvalue weighted by atomic mass is 9.97. The Labute approximate surface area is 168 Å². The zero-order valence-electron chi connectivity index (χ0n) is 15.6. The number of benzene rings is 3. The molecule has 3 aromatic carbocycles. The first-order chi connectivity index (χ1) is 14.2. The predicted octanol–water partition coefficient (Wildman–Crippen LogP) is 5.86. The van der Waals surface area contributed by atoms with Crippen molar-refractivity contribution in [2.24, 2.45) is 0 Å². The monoisotopic (exact) mass is 381 g/mol. The molecule has 1 heterocycles. The average Bonchev–Trinajstić information content (AvgIpc) is 2.79. The molecule has 0 fully saturated rings. The van der Waals surface area contributed by atoms with Gasteiger partial charge in [0, 0.05) is 24.0 Å². The van der Waals surface area contributed by atoms with Crippen molar-refractivity contribution in [3.63, 3.8) is 0 Å². The first kappa shape index (κ1) is 18.4. The van der Waals surface area contributed by atoms with Gasteiger partial charge in [0.25, 0.3) is 5.69 Å². The normalized spacial score (nSPS) is 10.7. The average molecular weight is 381 g/mol. The number of nitro groups is 1. The van der Waals surface area contributed by atoms with Crippen LogP contribution in [0, 0.1) is 10.1 Å². The van der Waals surface area contributed by atoms with E-state index in [-0.39, 0.29) is 16.7 Å². The number of aromatic nitrogens is 1. The maximum Gasteiger partial charge on any atom is 0.292 e. The van der Waals surface area contributed by atoms with Crippen LogP contribution in [0.2, 0.25) is 0 Å². The molecule has 0 amide bonds. The van der Waals surface area contributed by atoms with E-state index in [9.17, 15) is 10.1 Å². The Kier molecular flexibility index (Phi) is 5.29. The van der Waals surface area contributed by atoms with E-state index in [1.807, 2.05) is 78.9 Å². The highest BCUT2D eigenvalue weighted by molar-refractivity contribution is 5.74. The second-order valence-corrected chi connectivity index (χ2v) is 6.63. The van der Waals surface area contributed by atoms with Crippen LogP contribution in [-0.2, 0) is 0 Å². The van der Waals surface area contributed by atoms with Crippen molar-refractivity contribution in [1.82, 2.24) is 4.98 Å². The van der Waals surface area contributed by atoms with E-state index >= 15 is 0 Å². The van der Waals surface area contributed by atoms with Gasteiger partial charge in [-0.2, -0.15) is 0 Å². The van der Waals surface area contributed by atoms with Gasteiger partial charge in [0.1, 0.15) is 5.69 Å². The Bertz CT molecular complexity index is 1060. The first-order valence-corrected chi connectivity index (χ1v) is 9.27. The summed E-state index contributed by atoms with van der Waals surface area (Å²) in [5.41, 5.74) is 4.33. The molecule has 142 valence electrons. The third kappa shape index (κ3) is 4.14. The van der Waals surface area contributed by atoms with Gasteiger partial charge in [0.05, 0.1) is 11.0 Å². The quantitative estimate of drug-likeness (QED) is 0.336. The van der Waals surface area contributed by atoms with Crippen LogP contribution in [-0.4, -0.2) is 9.91 Å². The molecule has 1 aromatic heterocycles. The van der Waals surface area contributed by atoms with Crippen LogP contribution < -0.4 is 5.32 Å². The Balaban J connectivity index is 1.80. The van der Waals surface area contributed by atoms with Gasteiger partial charge < -0.3 is 5.32 Å². The molecule has 0 radical (unpaired) electrons. The molecule has 1 N–H and O–H groups in total. The number of nitrogens with one attached hydrogen (secondary N) is 1. The minimum atomic E-state index is -0.359. The topological polar surface area (TPSA) is 68.1 Å². The third-order valence-electron chi connectivity index (χ3n) is 4.75. The molecule has 0 aliphatic heterocycles. The van der Waals surface area contributed by atoms with Crippen LogP contribution in [0.4, 0.5) is 11.4 Å². The van der Waals surface area contributed by atoms with Crippen molar-refractivity contribution in [2.45, 2.75) is 6.04 Å². The fourth-order valence-corrected chi connectivity index (χ4v) is 3.33. The fourth-order valence-electron chi connectivity index (χ4n) is 3.33. The lowest BCUT2D eigenvalue weighted by Gasteiger charge is -2.21. The molecule has 4 rings (SSSR count). The van der Waals surface area contributed by atoms with Gasteiger partial charge >= 0.3 is 0 Å². The molecule has 0 aliphatic rings. The maximum atomic E-state index is 11.7. The second-order valence-electron chi connectivity index (χ2n) is 6.63. The van der Waals surface area contributed by atoms with Crippen LogP contribution in [0.3, 0.4) is 0 Å². The molecule has 0 aliphatic carbocycles. The van der Waals surface area contributed by atoms with Crippen LogP contribution in [0.15, 0.2) is 103 Å². The molecular weight excluding hydrogens is 362 g/mol. The SMILES string of the molecule is O=[N+]([O-])c1ccc(-c2cccnc2)cc1NC(c1ccccc1)c1ccccc1. The van der Waals surface area contributed by atoms with E-state index in [4.69, 9.17) is 0 Å². The molecule has 0 bridgehead atoms. The van der Waals surface area contributed by atoms with E-state index < -0.39 is 0 Å². The molecule has 0 saturated heterocycles. The number of rotatable bonds is 6. The van der Waals surface area contributed by atoms with E-state index in [0.29, 0.717) is 5.69 Å². The van der Waals surface area contributed by atoms with Gasteiger partial charge in [-0.1, -0.05) is 66.7 Å². The van der Waals surface area contributed by atoms with Crippen LogP contribution in [0.5, 0.6) is 0 Å². The molecule has 5 heteroatoms. The minimum Gasteiger partial charge on any atom is -0.369 e. The van der Waals surface area contributed by atoms with Crippen molar-refractivity contribution >= 4 is 11.4 Å². The Morgan fingerprint density at radius 3 is 2.00 bits per heavy atom. The Morgan fingerprint density at radius 1 is 0.793 bits per heavy atom. The lowest BCUT2D eigenvalue weighted by Crippen LogP contribution is -2.13. The van der Waals surface area contributed by atoms with E-state index in [0.717, 1.165) is 22.3 Å². The van der Waals surface area contributed by atoms with Crippen molar-refractivity contribution < 1.29 is 4.92 Å². The summed E-state index contributed by atoms with van der Waals surface area (Å²) >= 11 is 0.